The van der Waals surface area contributed by atoms with Gasteiger partial charge >= 0.3 is 5.97 Å². The van der Waals surface area contributed by atoms with Crippen molar-refractivity contribution in [2.45, 2.75) is 12.3 Å². The molecule has 0 bridgehead atoms. The number of esters is 1. The van der Waals surface area contributed by atoms with Gasteiger partial charge in [0.2, 0.25) is 18.4 Å². The first-order valence-corrected chi connectivity index (χ1v) is 8.59. The molecule has 1 N–H and O–H groups in total. The molecule has 28 heavy (non-hydrogen) atoms. The molecule has 0 saturated carbocycles. The Balaban J connectivity index is 1.88. The maximum atomic E-state index is 12.8. The zero-order valence-electron chi connectivity index (χ0n) is 14.9. The lowest BCUT2D eigenvalue weighted by Crippen LogP contribution is -2.28. The van der Waals surface area contributed by atoms with E-state index in [9.17, 15) is 19.5 Å². The number of rotatable bonds is 4. The molecule has 1 aliphatic carbocycles. The van der Waals surface area contributed by atoms with Gasteiger partial charge in [0, 0.05) is 17.0 Å². The van der Waals surface area contributed by atoms with Crippen molar-refractivity contribution in [1.82, 2.24) is 0 Å². The number of hydrogen-bond acceptors (Lipinski definition) is 7. The second-order valence-corrected chi connectivity index (χ2v) is 6.41. The van der Waals surface area contributed by atoms with E-state index in [1.807, 2.05) is 0 Å². The number of carbonyl (C=O) groups excluding carboxylic acids is 3. The van der Waals surface area contributed by atoms with Crippen molar-refractivity contribution in [1.29, 1.82) is 0 Å². The smallest absolute Gasteiger partial charge is 0.306 e. The van der Waals surface area contributed by atoms with E-state index in [0.717, 1.165) is 0 Å². The second kappa shape index (κ2) is 6.84. The summed E-state index contributed by atoms with van der Waals surface area (Å²) in [4.78, 5) is 37.5. The molecule has 0 radical (unpaired) electrons. The van der Waals surface area contributed by atoms with Crippen molar-refractivity contribution in [2.24, 2.45) is 0 Å². The zero-order chi connectivity index (χ0) is 19.8. The standard InChI is InChI=1S/C21H16O7/c1-26-17(22)9-14(11-6-7-15-16(8-11)28-10-27-15)18-19(23)12-4-2-3-5-13(12)20(24)21(18)25/h2-8,14,23H,9-10H2,1H3/t14-/m1/s1. The number of methoxy groups -OCH3 is 1. The first-order valence-electron chi connectivity index (χ1n) is 8.59. The molecule has 142 valence electrons. The maximum Gasteiger partial charge on any atom is 0.306 e. The molecule has 0 fully saturated rings. The van der Waals surface area contributed by atoms with Gasteiger partial charge in [-0.1, -0.05) is 30.3 Å². The average molecular weight is 380 g/mol. The van der Waals surface area contributed by atoms with E-state index in [2.05, 4.69) is 0 Å². The van der Waals surface area contributed by atoms with Gasteiger partial charge in [0.05, 0.1) is 19.1 Å². The van der Waals surface area contributed by atoms with Crippen LogP contribution in [0.5, 0.6) is 11.5 Å². The van der Waals surface area contributed by atoms with Gasteiger partial charge in [-0.15, -0.1) is 0 Å². The summed E-state index contributed by atoms with van der Waals surface area (Å²) in [5, 5.41) is 10.8. The highest BCUT2D eigenvalue weighted by Gasteiger charge is 2.38. The minimum absolute atomic E-state index is 0.0686. The van der Waals surface area contributed by atoms with Crippen LogP contribution in [0, 0.1) is 0 Å². The molecule has 2 aromatic rings. The van der Waals surface area contributed by atoms with Gasteiger partial charge in [0.25, 0.3) is 0 Å². The largest absolute Gasteiger partial charge is 0.507 e. The minimum atomic E-state index is -0.883. The molecular weight excluding hydrogens is 364 g/mol. The molecule has 7 nitrogen and oxygen atoms in total. The number of fused-ring (bicyclic) bond motifs is 2. The quantitative estimate of drug-likeness (QED) is 0.643. The van der Waals surface area contributed by atoms with E-state index < -0.39 is 23.5 Å². The SMILES string of the molecule is COC(=O)C[C@@H](C1=C(O)c2ccccc2C(=O)C1=O)c1ccc2c(c1)OCO2. The number of carbonyl (C=O) groups is 3. The van der Waals surface area contributed by atoms with E-state index in [0.29, 0.717) is 17.1 Å². The normalized spacial score (nSPS) is 16.0. The highest BCUT2D eigenvalue weighted by Crippen LogP contribution is 2.41. The maximum absolute atomic E-state index is 12.8. The van der Waals surface area contributed by atoms with Gasteiger partial charge in [-0.25, -0.2) is 0 Å². The number of benzene rings is 2. The number of allylic oxidation sites excluding steroid dienone is 1. The number of Topliss-reactive ketones (excluding diaryl/α,β-unsaturated/α-hetero) is 2. The third-order valence-corrected chi connectivity index (χ3v) is 4.88. The molecule has 2 aromatic carbocycles. The third-order valence-electron chi connectivity index (χ3n) is 4.88. The van der Waals surface area contributed by atoms with Crippen LogP contribution in [-0.2, 0) is 14.3 Å². The summed E-state index contributed by atoms with van der Waals surface area (Å²) in [6.07, 6.45) is -0.225. The van der Waals surface area contributed by atoms with Crippen molar-refractivity contribution in [3.63, 3.8) is 0 Å². The van der Waals surface area contributed by atoms with Crippen molar-refractivity contribution in [3.8, 4) is 11.5 Å². The molecular formula is C21H16O7. The molecule has 0 unspecified atom stereocenters. The van der Waals surface area contributed by atoms with Crippen LogP contribution in [0.2, 0.25) is 0 Å². The van der Waals surface area contributed by atoms with Crippen molar-refractivity contribution >= 4 is 23.3 Å². The number of hydrogen-bond donors (Lipinski definition) is 1. The van der Waals surface area contributed by atoms with Crippen LogP contribution in [0.1, 0.15) is 33.8 Å². The lowest BCUT2D eigenvalue weighted by Gasteiger charge is -2.24. The molecule has 0 spiro atoms. The van der Waals surface area contributed by atoms with Crippen molar-refractivity contribution < 1.29 is 33.7 Å². The second-order valence-electron chi connectivity index (χ2n) is 6.41. The summed E-state index contributed by atoms with van der Waals surface area (Å²) >= 11 is 0. The molecule has 0 amide bonds. The van der Waals surface area contributed by atoms with E-state index in [4.69, 9.17) is 14.2 Å². The Bertz CT molecular complexity index is 1030. The summed E-state index contributed by atoms with van der Waals surface area (Å²) in [6, 6.07) is 11.3. The van der Waals surface area contributed by atoms with Crippen LogP contribution in [-0.4, -0.2) is 36.5 Å². The van der Waals surface area contributed by atoms with Crippen LogP contribution in [0.15, 0.2) is 48.0 Å². The topological polar surface area (TPSA) is 99.1 Å². The zero-order valence-corrected chi connectivity index (χ0v) is 14.9. The van der Waals surface area contributed by atoms with Gasteiger partial charge in [-0.05, 0) is 17.7 Å². The van der Waals surface area contributed by atoms with Gasteiger partial charge < -0.3 is 19.3 Å². The Labute approximate surface area is 160 Å². The minimum Gasteiger partial charge on any atom is -0.507 e. The van der Waals surface area contributed by atoms with E-state index in [1.54, 1.807) is 36.4 Å². The fraction of sp³-hybridized carbons (Fsp3) is 0.190. The van der Waals surface area contributed by atoms with Gasteiger partial charge in [0.1, 0.15) is 5.76 Å². The number of ether oxygens (including phenoxy) is 3. The van der Waals surface area contributed by atoms with E-state index in [-0.39, 0.29) is 35.7 Å². The van der Waals surface area contributed by atoms with Crippen LogP contribution in [0.3, 0.4) is 0 Å². The molecule has 2 aliphatic rings. The summed E-state index contributed by atoms with van der Waals surface area (Å²) in [7, 11) is 1.23. The predicted molar refractivity (Wildman–Crippen MR) is 97.3 cm³/mol. The Morgan fingerprint density at radius 3 is 2.54 bits per heavy atom. The van der Waals surface area contributed by atoms with Crippen molar-refractivity contribution in [2.75, 3.05) is 13.9 Å². The van der Waals surface area contributed by atoms with Gasteiger partial charge in [0.15, 0.2) is 11.5 Å². The molecule has 0 aromatic heterocycles. The molecule has 7 heteroatoms. The lowest BCUT2D eigenvalue weighted by molar-refractivity contribution is -0.140. The van der Waals surface area contributed by atoms with E-state index in [1.165, 1.54) is 13.2 Å². The Morgan fingerprint density at radius 2 is 1.79 bits per heavy atom. The average Bonchev–Trinajstić information content (AvgIpc) is 3.19. The first kappa shape index (κ1) is 17.8. The molecule has 1 aliphatic heterocycles. The summed E-state index contributed by atoms with van der Waals surface area (Å²) in [5.74, 6) is -2.35. The Morgan fingerprint density at radius 1 is 1.07 bits per heavy atom. The fourth-order valence-corrected chi connectivity index (χ4v) is 3.47. The molecule has 1 heterocycles. The third kappa shape index (κ3) is 2.81. The Kier molecular flexibility index (Phi) is 4.35. The summed E-state index contributed by atoms with van der Waals surface area (Å²) in [6.45, 7) is 0.0686. The molecule has 0 saturated heterocycles. The van der Waals surface area contributed by atoms with E-state index >= 15 is 0 Å². The summed E-state index contributed by atoms with van der Waals surface area (Å²) in [5.41, 5.74) is 0.790. The number of ketones is 2. The van der Waals surface area contributed by atoms with Crippen LogP contribution in [0.4, 0.5) is 0 Å². The van der Waals surface area contributed by atoms with Crippen LogP contribution in [0.25, 0.3) is 5.76 Å². The van der Waals surface area contributed by atoms with Crippen LogP contribution >= 0.6 is 0 Å². The number of aliphatic hydroxyl groups excluding tert-OH is 1. The van der Waals surface area contributed by atoms with Crippen molar-refractivity contribution in [3.05, 3.63) is 64.7 Å². The number of aliphatic hydroxyl groups is 1. The highest BCUT2D eigenvalue weighted by molar-refractivity contribution is 6.52. The molecule has 4 rings (SSSR count). The summed E-state index contributed by atoms with van der Waals surface area (Å²) < 4.78 is 15.4. The van der Waals surface area contributed by atoms with Crippen LogP contribution < -0.4 is 9.47 Å². The Hall–Kier alpha value is -3.61. The lowest BCUT2D eigenvalue weighted by atomic mass is 9.78. The molecule has 1 atom stereocenters. The highest BCUT2D eigenvalue weighted by atomic mass is 16.7. The fourth-order valence-electron chi connectivity index (χ4n) is 3.47. The van der Waals surface area contributed by atoms with Gasteiger partial charge in [-0.2, -0.15) is 0 Å². The predicted octanol–water partition coefficient (Wildman–Crippen LogP) is 2.80. The van der Waals surface area contributed by atoms with Gasteiger partial charge in [-0.3, -0.25) is 14.4 Å². The first-order chi connectivity index (χ1) is 13.5. The monoisotopic (exact) mass is 380 g/mol.